The van der Waals surface area contributed by atoms with Gasteiger partial charge in [0.25, 0.3) is 0 Å². The number of hydrogen-bond donors (Lipinski definition) is 0. The topological polar surface area (TPSA) is 62.1 Å². The van der Waals surface area contributed by atoms with E-state index in [9.17, 15) is 4.79 Å². The van der Waals surface area contributed by atoms with Gasteiger partial charge in [0.1, 0.15) is 6.10 Å². The monoisotopic (exact) mass is 316 g/mol. The Morgan fingerprint density at radius 3 is 3.09 bits per heavy atom. The zero-order valence-corrected chi connectivity index (χ0v) is 13.3. The number of fused-ring (bicyclic) bond motifs is 2. The molecule has 2 aromatic rings. The van der Waals surface area contributed by atoms with Gasteiger partial charge in [-0.25, -0.2) is 0 Å². The normalized spacial score (nSPS) is 26.6. The summed E-state index contributed by atoms with van der Waals surface area (Å²) in [5, 5.41) is 4.63. The number of rotatable bonds is 4. The number of Topliss-reactive ketones (excluding diaryl/α,β-unsaturated/α-hetero) is 1. The van der Waals surface area contributed by atoms with E-state index in [2.05, 4.69) is 5.10 Å². The molecule has 3 unspecified atom stereocenters. The van der Waals surface area contributed by atoms with E-state index in [4.69, 9.17) is 14.2 Å². The average molecular weight is 316 g/mol. The predicted molar refractivity (Wildman–Crippen MR) is 82.7 cm³/mol. The zero-order chi connectivity index (χ0) is 16.0. The summed E-state index contributed by atoms with van der Waals surface area (Å²) in [6.45, 7) is 2.63. The first-order chi connectivity index (χ1) is 11.2. The molecule has 2 fully saturated rings. The van der Waals surface area contributed by atoms with Crippen LogP contribution in [0.1, 0.15) is 48.3 Å². The highest BCUT2D eigenvalue weighted by atomic mass is 16.7. The van der Waals surface area contributed by atoms with Gasteiger partial charge in [0.05, 0.1) is 18.3 Å². The molecule has 6 nitrogen and oxygen atoms in total. The molecule has 0 radical (unpaired) electrons. The number of carbonyl (C=O) groups excluding carboxylic acids is 1. The molecular weight excluding hydrogens is 296 g/mol. The van der Waals surface area contributed by atoms with E-state index in [1.54, 1.807) is 23.8 Å². The Kier molecular flexibility index (Phi) is 3.58. The molecule has 4 heterocycles. The average Bonchev–Trinajstić information content (AvgIpc) is 2.98. The highest BCUT2D eigenvalue weighted by Crippen LogP contribution is 2.46. The van der Waals surface area contributed by atoms with Gasteiger partial charge in [-0.1, -0.05) is 6.92 Å². The molecule has 3 atom stereocenters. The van der Waals surface area contributed by atoms with E-state index >= 15 is 0 Å². The minimum atomic E-state index is -0.0998. The smallest absolute Gasteiger partial charge is 0.214 e. The standard InChI is InChI=1S/C17H20N2O4/c1-3-14(20)10-6-7-15(21-2)19-13(10)9-12(18-19)16-11-5-4-8-22-17(11)23-16/h6-7,9,11,16-17H,3-5,8H2,1-2H3. The van der Waals surface area contributed by atoms with Crippen LogP contribution in [0.4, 0.5) is 0 Å². The van der Waals surface area contributed by atoms with Crippen molar-refractivity contribution in [2.24, 2.45) is 5.92 Å². The third-order valence-electron chi connectivity index (χ3n) is 4.71. The third kappa shape index (κ3) is 2.24. The van der Waals surface area contributed by atoms with E-state index in [0.717, 1.165) is 30.7 Å². The van der Waals surface area contributed by atoms with Gasteiger partial charge in [-0.05, 0) is 25.0 Å². The number of carbonyl (C=O) groups is 1. The van der Waals surface area contributed by atoms with Crippen LogP contribution in [0.2, 0.25) is 0 Å². The van der Waals surface area contributed by atoms with E-state index in [1.807, 2.05) is 13.0 Å². The van der Waals surface area contributed by atoms with Crippen LogP contribution in [0.5, 0.6) is 5.88 Å². The lowest BCUT2D eigenvalue weighted by Gasteiger charge is -2.46. The van der Waals surface area contributed by atoms with Crippen molar-refractivity contribution in [3.05, 3.63) is 29.5 Å². The summed E-state index contributed by atoms with van der Waals surface area (Å²) >= 11 is 0. The van der Waals surface area contributed by atoms with Crippen molar-refractivity contribution < 1.29 is 19.0 Å². The molecule has 0 bridgehead atoms. The molecule has 23 heavy (non-hydrogen) atoms. The predicted octanol–water partition coefficient (Wildman–Crippen LogP) is 2.76. The number of pyridine rings is 1. The van der Waals surface area contributed by atoms with Crippen LogP contribution in [0.25, 0.3) is 5.52 Å². The molecule has 6 heteroatoms. The highest BCUT2D eigenvalue weighted by molar-refractivity contribution is 6.02. The van der Waals surface area contributed by atoms with Gasteiger partial charge in [-0.2, -0.15) is 9.61 Å². The molecule has 0 aliphatic carbocycles. The summed E-state index contributed by atoms with van der Waals surface area (Å²) in [4.78, 5) is 12.2. The Labute approximate surface area is 134 Å². The van der Waals surface area contributed by atoms with Crippen molar-refractivity contribution in [3.8, 4) is 5.88 Å². The Morgan fingerprint density at radius 2 is 2.35 bits per heavy atom. The summed E-state index contributed by atoms with van der Waals surface area (Å²) < 4.78 is 18.5. The van der Waals surface area contributed by atoms with Gasteiger partial charge in [0.2, 0.25) is 5.88 Å². The molecule has 0 saturated carbocycles. The first kappa shape index (κ1) is 14.7. The number of nitrogens with zero attached hydrogens (tertiary/aromatic N) is 2. The van der Waals surface area contributed by atoms with Crippen LogP contribution >= 0.6 is 0 Å². The summed E-state index contributed by atoms with van der Waals surface area (Å²) in [5.41, 5.74) is 2.28. The Balaban J connectivity index is 1.76. The number of methoxy groups -OCH3 is 1. The van der Waals surface area contributed by atoms with Crippen molar-refractivity contribution in [1.82, 2.24) is 9.61 Å². The van der Waals surface area contributed by atoms with Crippen LogP contribution < -0.4 is 4.74 Å². The Bertz CT molecular complexity index is 754. The lowest BCUT2D eigenvalue weighted by molar-refractivity contribution is -0.324. The molecule has 0 spiro atoms. The molecule has 122 valence electrons. The summed E-state index contributed by atoms with van der Waals surface area (Å²) in [5.74, 6) is 1.05. The molecule has 0 amide bonds. The van der Waals surface area contributed by atoms with Crippen molar-refractivity contribution in [2.45, 2.75) is 38.6 Å². The minimum absolute atomic E-state index is 0.0607. The Hall–Kier alpha value is -1.92. The largest absolute Gasteiger partial charge is 0.481 e. The van der Waals surface area contributed by atoms with Gasteiger partial charge in [0, 0.05) is 30.6 Å². The van der Waals surface area contributed by atoms with Crippen molar-refractivity contribution >= 4 is 11.3 Å². The molecule has 2 aromatic heterocycles. The third-order valence-corrected chi connectivity index (χ3v) is 4.71. The molecule has 0 N–H and O–H groups in total. The van der Waals surface area contributed by atoms with Crippen molar-refractivity contribution in [3.63, 3.8) is 0 Å². The molecule has 0 aromatic carbocycles. The van der Waals surface area contributed by atoms with Gasteiger partial charge in [-0.3, -0.25) is 4.79 Å². The fraction of sp³-hybridized carbons (Fsp3) is 0.529. The second-order valence-corrected chi connectivity index (χ2v) is 6.03. The quantitative estimate of drug-likeness (QED) is 0.812. The summed E-state index contributed by atoms with van der Waals surface area (Å²) in [6.07, 6.45) is 2.44. The fourth-order valence-electron chi connectivity index (χ4n) is 3.45. The molecule has 4 rings (SSSR count). The maximum Gasteiger partial charge on any atom is 0.214 e. The fourth-order valence-corrected chi connectivity index (χ4v) is 3.45. The number of ether oxygens (including phenoxy) is 3. The Morgan fingerprint density at radius 1 is 1.48 bits per heavy atom. The second-order valence-electron chi connectivity index (χ2n) is 6.03. The maximum absolute atomic E-state index is 12.2. The molecule has 2 saturated heterocycles. The van der Waals surface area contributed by atoms with E-state index < -0.39 is 0 Å². The van der Waals surface area contributed by atoms with Crippen LogP contribution in [0.3, 0.4) is 0 Å². The minimum Gasteiger partial charge on any atom is -0.481 e. The summed E-state index contributed by atoms with van der Waals surface area (Å²) in [7, 11) is 1.60. The van der Waals surface area contributed by atoms with Crippen molar-refractivity contribution in [2.75, 3.05) is 13.7 Å². The van der Waals surface area contributed by atoms with E-state index in [0.29, 0.717) is 23.8 Å². The maximum atomic E-state index is 12.2. The lowest BCUT2D eigenvalue weighted by Crippen LogP contribution is -2.47. The highest BCUT2D eigenvalue weighted by Gasteiger charge is 2.46. The van der Waals surface area contributed by atoms with Gasteiger partial charge in [-0.15, -0.1) is 0 Å². The molecular formula is C17H20N2O4. The van der Waals surface area contributed by atoms with Crippen LogP contribution in [-0.2, 0) is 9.47 Å². The number of hydrogen-bond acceptors (Lipinski definition) is 5. The van der Waals surface area contributed by atoms with Crippen molar-refractivity contribution in [1.29, 1.82) is 0 Å². The van der Waals surface area contributed by atoms with Gasteiger partial charge in [0.15, 0.2) is 12.1 Å². The van der Waals surface area contributed by atoms with E-state index in [1.165, 1.54) is 0 Å². The first-order valence-corrected chi connectivity index (χ1v) is 8.10. The first-order valence-electron chi connectivity index (χ1n) is 8.10. The second kappa shape index (κ2) is 5.62. The SMILES string of the molecule is CCC(=O)c1ccc(OC)n2nc(C3OC4OCCCC43)cc12. The molecule has 2 aliphatic heterocycles. The molecule has 2 aliphatic rings. The van der Waals surface area contributed by atoms with Gasteiger partial charge < -0.3 is 14.2 Å². The lowest BCUT2D eigenvalue weighted by atomic mass is 9.87. The number of ketones is 1. The van der Waals surface area contributed by atoms with Crippen LogP contribution in [-0.4, -0.2) is 35.4 Å². The van der Waals surface area contributed by atoms with Gasteiger partial charge >= 0.3 is 0 Å². The summed E-state index contributed by atoms with van der Waals surface area (Å²) in [6, 6.07) is 5.53. The van der Waals surface area contributed by atoms with E-state index in [-0.39, 0.29) is 18.2 Å². The number of aromatic nitrogens is 2. The zero-order valence-electron chi connectivity index (χ0n) is 13.3. The van der Waals surface area contributed by atoms with Crippen LogP contribution in [0.15, 0.2) is 18.2 Å². The van der Waals surface area contributed by atoms with Crippen LogP contribution in [0, 0.1) is 5.92 Å².